The Bertz CT molecular complexity index is 728. The molecule has 0 radical (unpaired) electrons. The van der Waals surface area contributed by atoms with Crippen LogP contribution in [0.5, 0.6) is 5.88 Å². The van der Waals surface area contributed by atoms with Gasteiger partial charge in [0.2, 0.25) is 5.88 Å². The molecule has 0 spiro atoms. The van der Waals surface area contributed by atoms with Crippen LogP contribution in [0.2, 0.25) is 0 Å². The van der Waals surface area contributed by atoms with Crippen molar-refractivity contribution in [3.8, 4) is 5.88 Å². The summed E-state index contributed by atoms with van der Waals surface area (Å²) in [6.45, 7) is 3.18. The van der Waals surface area contributed by atoms with E-state index in [-0.39, 0.29) is 36.1 Å². The van der Waals surface area contributed by atoms with Crippen LogP contribution in [-0.4, -0.2) is 24.6 Å². The predicted octanol–water partition coefficient (Wildman–Crippen LogP) is 3.63. The number of aromatic nitrogens is 1. The van der Waals surface area contributed by atoms with E-state index in [1.165, 1.54) is 0 Å². The topological polar surface area (TPSA) is 58.5 Å². The van der Waals surface area contributed by atoms with Crippen LogP contribution >= 0.6 is 24.0 Å². The molecule has 2 rings (SSSR count). The van der Waals surface area contributed by atoms with Crippen LogP contribution in [0.25, 0.3) is 0 Å². The number of hydrogen-bond acceptors (Lipinski definition) is 3. The highest BCUT2D eigenvalue weighted by Crippen LogP contribution is 2.14. The van der Waals surface area contributed by atoms with Gasteiger partial charge in [-0.15, -0.1) is 24.0 Å². The van der Waals surface area contributed by atoms with E-state index in [1.54, 1.807) is 13.2 Å². The van der Waals surface area contributed by atoms with E-state index in [4.69, 9.17) is 4.74 Å². The summed E-state index contributed by atoms with van der Waals surface area (Å²) in [5.74, 6) is 0.0959. The summed E-state index contributed by atoms with van der Waals surface area (Å²) < 4.78 is 32.5. The van der Waals surface area contributed by atoms with Gasteiger partial charge in [-0.3, -0.25) is 4.99 Å². The maximum Gasteiger partial charge on any atom is 0.218 e. The number of nitrogens with zero attached hydrogens (tertiary/aromatic N) is 2. The zero-order chi connectivity index (χ0) is 18.1. The van der Waals surface area contributed by atoms with Gasteiger partial charge < -0.3 is 15.4 Å². The van der Waals surface area contributed by atoms with Crippen molar-refractivity contribution in [3.05, 3.63) is 59.3 Å². The monoisotopic (exact) mass is 476 g/mol. The highest BCUT2D eigenvalue weighted by Gasteiger charge is 2.08. The van der Waals surface area contributed by atoms with Gasteiger partial charge in [0.05, 0.1) is 6.61 Å². The molecule has 0 unspecified atom stereocenters. The maximum absolute atomic E-state index is 13.7. The summed E-state index contributed by atoms with van der Waals surface area (Å²) >= 11 is 0. The molecule has 1 aromatic heterocycles. The first-order valence-electron chi connectivity index (χ1n) is 8.09. The molecule has 5 nitrogen and oxygen atoms in total. The maximum atomic E-state index is 13.7. The second-order valence-electron chi connectivity index (χ2n) is 5.33. The van der Waals surface area contributed by atoms with Crippen LogP contribution in [0.1, 0.15) is 24.5 Å². The van der Waals surface area contributed by atoms with Crippen LogP contribution in [0.4, 0.5) is 8.78 Å². The molecule has 1 aromatic carbocycles. The summed E-state index contributed by atoms with van der Waals surface area (Å²) in [6.07, 6.45) is 2.57. The number of halogens is 3. The predicted molar refractivity (Wildman–Crippen MR) is 109 cm³/mol. The van der Waals surface area contributed by atoms with E-state index in [1.807, 2.05) is 19.1 Å². The van der Waals surface area contributed by atoms with Crippen molar-refractivity contribution >= 4 is 29.9 Å². The van der Waals surface area contributed by atoms with Crippen LogP contribution in [0, 0.1) is 11.6 Å². The number of rotatable bonds is 7. The molecule has 0 aliphatic carbocycles. The Morgan fingerprint density at radius 1 is 1.15 bits per heavy atom. The largest absolute Gasteiger partial charge is 0.477 e. The average Bonchev–Trinajstić information content (AvgIpc) is 2.63. The minimum Gasteiger partial charge on any atom is -0.477 e. The molecule has 26 heavy (non-hydrogen) atoms. The molecule has 1 heterocycles. The number of ether oxygens (including phenoxy) is 1. The Labute approximate surface area is 169 Å². The first kappa shape index (κ1) is 22.1. The van der Waals surface area contributed by atoms with Gasteiger partial charge in [-0.25, -0.2) is 13.8 Å². The van der Waals surface area contributed by atoms with E-state index < -0.39 is 11.6 Å². The van der Waals surface area contributed by atoms with Crippen molar-refractivity contribution in [2.45, 2.75) is 26.4 Å². The molecular weight excluding hydrogens is 453 g/mol. The second kappa shape index (κ2) is 11.6. The Hall–Kier alpha value is -1.97. The third kappa shape index (κ3) is 6.74. The van der Waals surface area contributed by atoms with Crippen LogP contribution in [-0.2, 0) is 13.1 Å². The summed E-state index contributed by atoms with van der Waals surface area (Å²) in [4.78, 5) is 8.30. The van der Waals surface area contributed by atoms with Gasteiger partial charge in [0.25, 0.3) is 0 Å². The molecule has 0 aliphatic rings. The lowest BCUT2D eigenvalue weighted by atomic mass is 10.2. The number of hydrogen-bond donors (Lipinski definition) is 2. The molecule has 0 amide bonds. The van der Waals surface area contributed by atoms with Gasteiger partial charge in [0.15, 0.2) is 5.96 Å². The number of benzene rings is 1. The minimum absolute atomic E-state index is 0. The van der Waals surface area contributed by atoms with Crippen LogP contribution < -0.4 is 15.4 Å². The number of guanidine groups is 1. The van der Waals surface area contributed by atoms with Gasteiger partial charge in [0.1, 0.15) is 11.6 Å². The molecular formula is C18H23F2IN4O. The van der Waals surface area contributed by atoms with Gasteiger partial charge in [-0.2, -0.15) is 0 Å². The lowest BCUT2D eigenvalue weighted by Crippen LogP contribution is -2.36. The van der Waals surface area contributed by atoms with E-state index in [9.17, 15) is 8.78 Å². The molecule has 2 N–H and O–H groups in total. The van der Waals surface area contributed by atoms with Crippen LogP contribution in [0.3, 0.4) is 0 Å². The van der Waals surface area contributed by atoms with Crippen LogP contribution in [0.15, 0.2) is 41.5 Å². The molecule has 0 saturated carbocycles. The van der Waals surface area contributed by atoms with Crippen molar-refractivity contribution in [1.82, 2.24) is 15.6 Å². The fourth-order valence-electron chi connectivity index (χ4n) is 2.14. The highest BCUT2D eigenvalue weighted by molar-refractivity contribution is 14.0. The number of aliphatic imine (C=N–C) groups is 1. The van der Waals surface area contributed by atoms with E-state index in [0.717, 1.165) is 30.2 Å². The van der Waals surface area contributed by atoms with E-state index in [2.05, 4.69) is 20.6 Å². The summed E-state index contributed by atoms with van der Waals surface area (Å²) in [5, 5.41) is 6.07. The summed E-state index contributed by atoms with van der Waals surface area (Å²) in [5.41, 5.74) is 1.12. The van der Waals surface area contributed by atoms with Crippen molar-refractivity contribution in [3.63, 3.8) is 0 Å². The summed E-state index contributed by atoms with van der Waals surface area (Å²) in [7, 11) is 1.61. The first-order valence-corrected chi connectivity index (χ1v) is 8.09. The zero-order valence-corrected chi connectivity index (χ0v) is 17.1. The lowest BCUT2D eigenvalue weighted by molar-refractivity contribution is 0.301. The number of nitrogens with one attached hydrogen (secondary N) is 2. The third-order valence-electron chi connectivity index (χ3n) is 3.42. The Morgan fingerprint density at radius 2 is 1.88 bits per heavy atom. The Balaban J connectivity index is 0.00000338. The molecule has 142 valence electrons. The van der Waals surface area contributed by atoms with Gasteiger partial charge in [0, 0.05) is 37.5 Å². The fourth-order valence-corrected chi connectivity index (χ4v) is 2.14. The van der Waals surface area contributed by atoms with Gasteiger partial charge in [-0.1, -0.05) is 13.0 Å². The quantitative estimate of drug-likeness (QED) is 0.364. The fraction of sp³-hybridized carbons (Fsp3) is 0.333. The molecule has 0 atom stereocenters. The zero-order valence-electron chi connectivity index (χ0n) is 14.8. The van der Waals surface area contributed by atoms with Gasteiger partial charge in [-0.05, 0) is 30.7 Å². The van der Waals surface area contributed by atoms with Gasteiger partial charge >= 0.3 is 0 Å². The number of pyridine rings is 1. The van der Waals surface area contributed by atoms with Crippen molar-refractivity contribution < 1.29 is 13.5 Å². The summed E-state index contributed by atoms with van der Waals surface area (Å²) in [6, 6.07) is 7.09. The van der Waals surface area contributed by atoms with E-state index in [0.29, 0.717) is 25.0 Å². The lowest BCUT2D eigenvalue weighted by Gasteiger charge is -2.14. The normalized spacial score (nSPS) is 10.8. The smallest absolute Gasteiger partial charge is 0.218 e. The molecule has 0 saturated heterocycles. The van der Waals surface area contributed by atoms with Crippen molar-refractivity contribution in [2.24, 2.45) is 4.99 Å². The molecule has 8 heteroatoms. The molecule has 0 fully saturated rings. The first-order chi connectivity index (χ1) is 12.1. The Kier molecular flexibility index (Phi) is 9.85. The SMILES string of the molecule is CCCOc1ncccc1CNC(=NC)NCc1cc(F)ccc1F.I. The highest BCUT2D eigenvalue weighted by atomic mass is 127. The molecule has 0 bridgehead atoms. The molecule has 0 aliphatic heterocycles. The molecule has 2 aromatic rings. The van der Waals surface area contributed by atoms with Crippen molar-refractivity contribution in [2.75, 3.05) is 13.7 Å². The second-order valence-corrected chi connectivity index (χ2v) is 5.33. The minimum atomic E-state index is -0.478. The van der Waals surface area contributed by atoms with Crippen molar-refractivity contribution in [1.29, 1.82) is 0 Å². The Morgan fingerprint density at radius 3 is 2.58 bits per heavy atom. The average molecular weight is 476 g/mol. The third-order valence-corrected chi connectivity index (χ3v) is 3.42. The standard InChI is InChI=1S/C18H22F2N4O.HI/c1-3-9-25-17-13(5-4-8-22-17)11-23-18(21-2)24-12-14-10-15(19)6-7-16(14)20;/h4-8,10H,3,9,11-12H2,1-2H3,(H2,21,23,24);1H. The van der Waals surface area contributed by atoms with E-state index >= 15 is 0 Å².